The zero-order chi connectivity index (χ0) is 11.8. The van der Waals surface area contributed by atoms with Crippen LogP contribution in [0.2, 0.25) is 0 Å². The lowest BCUT2D eigenvalue weighted by molar-refractivity contribution is 0.0407. The Morgan fingerprint density at radius 3 is 2.50 bits per heavy atom. The third-order valence-electron chi connectivity index (χ3n) is 3.32. The second-order valence-corrected chi connectivity index (χ2v) is 5.09. The molecule has 1 heterocycles. The van der Waals surface area contributed by atoms with E-state index in [4.69, 9.17) is 4.74 Å². The van der Waals surface area contributed by atoms with Crippen molar-refractivity contribution in [3.63, 3.8) is 0 Å². The SMILES string of the molecule is COC1CCN(CCCCNC(C)C)CC1. The molecule has 3 heteroatoms. The number of hydrogen-bond acceptors (Lipinski definition) is 3. The maximum absolute atomic E-state index is 5.37. The van der Waals surface area contributed by atoms with Crippen LogP contribution in [-0.2, 0) is 4.74 Å². The van der Waals surface area contributed by atoms with E-state index in [1.165, 1.54) is 45.3 Å². The Bertz CT molecular complexity index is 165. The van der Waals surface area contributed by atoms with Gasteiger partial charge in [0.25, 0.3) is 0 Å². The number of methoxy groups -OCH3 is 1. The number of likely N-dealkylation sites (tertiary alicyclic amines) is 1. The number of hydrogen-bond donors (Lipinski definition) is 1. The maximum atomic E-state index is 5.37. The van der Waals surface area contributed by atoms with Crippen LogP contribution in [0.25, 0.3) is 0 Å². The van der Waals surface area contributed by atoms with Gasteiger partial charge in [-0.2, -0.15) is 0 Å². The highest BCUT2D eigenvalue weighted by Crippen LogP contribution is 2.13. The molecule has 16 heavy (non-hydrogen) atoms. The van der Waals surface area contributed by atoms with Gasteiger partial charge in [0.15, 0.2) is 0 Å². The Labute approximate surface area is 101 Å². The molecule has 0 aliphatic carbocycles. The van der Waals surface area contributed by atoms with Crippen molar-refractivity contribution in [3.05, 3.63) is 0 Å². The number of unbranched alkanes of at least 4 members (excludes halogenated alkanes) is 1. The van der Waals surface area contributed by atoms with E-state index in [9.17, 15) is 0 Å². The molecule has 1 aliphatic rings. The van der Waals surface area contributed by atoms with Gasteiger partial charge in [-0.05, 0) is 38.8 Å². The van der Waals surface area contributed by atoms with Crippen molar-refractivity contribution in [2.45, 2.75) is 51.7 Å². The van der Waals surface area contributed by atoms with E-state index in [1.54, 1.807) is 0 Å². The lowest BCUT2D eigenvalue weighted by atomic mass is 10.1. The highest BCUT2D eigenvalue weighted by atomic mass is 16.5. The van der Waals surface area contributed by atoms with Crippen molar-refractivity contribution in [2.24, 2.45) is 0 Å². The summed E-state index contributed by atoms with van der Waals surface area (Å²) in [4.78, 5) is 2.57. The first-order valence-electron chi connectivity index (χ1n) is 6.71. The van der Waals surface area contributed by atoms with E-state index in [1.807, 2.05) is 7.11 Å². The van der Waals surface area contributed by atoms with Crippen molar-refractivity contribution in [1.82, 2.24) is 10.2 Å². The molecule has 0 radical (unpaired) electrons. The third-order valence-corrected chi connectivity index (χ3v) is 3.32. The summed E-state index contributed by atoms with van der Waals surface area (Å²) in [5.41, 5.74) is 0. The summed E-state index contributed by atoms with van der Waals surface area (Å²) in [6.07, 6.45) is 5.54. The maximum Gasteiger partial charge on any atom is 0.0595 e. The molecule has 0 aromatic carbocycles. The first-order chi connectivity index (χ1) is 7.72. The van der Waals surface area contributed by atoms with Crippen molar-refractivity contribution in [2.75, 3.05) is 33.3 Å². The Morgan fingerprint density at radius 1 is 1.25 bits per heavy atom. The quantitative estimate of drug-likeness (QED) is 0.673. The number of rotatable bonds is 7. The van der Waals surface area contributed by atoms with E-state index in [2.05, 4.69) is 24.1 Å². The first-order valence-corrected chi connectivity index (χ1v) is 6.71. The first kappa shape index (κ1) is 13.9. The van der Waals surface area contributed by atoms with E-state index >= 15 is 0 Å². The molecule has 1 rings (SSSR count). The minimum atomic E-state index is 0.513. The molecule has 3 nitrogen and oxygen atoms in total. The molecular weight excluding hydrogens is 200 g/mol. The van der Waals surface area contributed by atoms with Gasteiger partial charge in [-0.15, -0.1) is 0 Å². The summed E-state index contributed by atoms with van der Waals surface area (Å²) in [7, 11) is 1.83. The van der Waals surface area contributed by atoms with E-state index in [-0.39, 0.29) is 0 Å². The fourth-order valence-corrected chi connectivity index (χ4v) is 2.22. The largest absolute Gasteiger partial charge is 0.381 e. The number of piperidine rings is 1. The molecule has 1 saturated heterocycles. The molecular formula is C13H28N2O. The Morgan fingerprint density at radius 2 is 1.94 bits per heavy atom. The predicted octanol–water partition coefficient (Wildman–Crippen LogP) is 1.88. The molecule has 1 N–H and O–H groups in total. The number of ether oxygens (including phenoxy) is 1. The van der Waals surface area contributed by atoms with Gasteiger partial charge in [0.1, 0.15) is 0 Å². The molecule has 0 spiro atoms. The number of nitrogens with one attached hydrogen (secondary N) is 1. The minimum Gasteiger partial charge on any atom is -0.381 e. The third kappa shape index (κ3) is 5.83. The molecule has 1 fully saturated rings. The van der Waals surface area contributed by atoms with Gasteiger partial charge in [-0.1, -0.05) is 13.8 Å². The molecule has 0 amide bonds. The van der Waals surface area contributed by atoms with Crippen LogP contribution in [0.4, 0.5) is 0 Å². The van der Waals surface area contributed by atoms with E-state index in [0.717, 1.165) is 6.54 Å². The molecule has 96 valence electrons. The van der Waals surface area contributed by atoms with Gasteiger partial charge in [0.2, 0.25) is 0 Å². The Balaban J connectivity index is 1.94. The Hall–Kier alpha value is -0.120. The minimum absolute atomic E-state index is 0.513. The summed E-state index contributed by atoms with van der Waals surface area (Å²) in [6.45, 7) is 9.26. The van der Waals surface area contributed by atoms with Crippen molar-refractivity contribution >= 4 is 0 Å². The zero-order valence-corrected chi connectivity index (χ0v) is 11.2. The normalized spacial score (nSPS) is 19.5. The van der Waals surface area contributed by atoms with Crippen LogP contribution in [0, 0.1) is 0 Å². The molecule has 0 aromatic heterocycles. The van der Waals surface area contributed by atoms with Gasteiger partial charge in [0, 0.05) is 26.2 Å². The van der Waals surface area contributed by atoms with Crippen LogP contribution in [0.15, 0.2) is 0 Å². The highest BCUT2D eigenvalue weighted by molar-refractivity contribution is 4.72. The second kappa shape index (κ2) is 8.04. The van der Waals surface area contributed by atoms with Gasteiger partial charge in [0.05, 0.1) is 6.10 Å². The molecule has 1 aliphatic heterocycles. The van der Waals surface area contributed by atoms with Crippen molar-refractivity contribution < 1.29 is 4.74 Å². The zero-order valence-electron chi connectivity index (χ0n) is 11.2. The lowest BCUT2D eigenvalue weighted by Gasteiger charge is -2.31. The van der Waals surface area contributed by atoms with Crippen LogP contribution in [0.5, 0.6) is 0 Å². The fraction of sp³-hybridized carbons (Fsp3) is 1.00. The van der Waals surface area contributed by atoms with Crippen LogP contribution >= 0.6 is 0 Å². The van der Waals surface area contributed by atoms with Crippen LogP contribution in [-0.4, -0.2) is 50.3 Å². The molecule has 0 saturated carbocycles. The topological polar surface area (TPSA) is 24.5 Å². The summed E-state index contributed by atoms with van der Waals surface area (Å²) in [6, 6.07) is 0.623. The summed E-state index contributed by atoms with van der Waals surface area (Å²) in [5.74, 6) is 0. The van der Waals surface area contributed by atoms with Gasteiger partial charge >= 0.3 is 0 Å². The van der Waals surface area contributed by atoms with Gasteiger partial charge in [-0.25, -0.2) is 0 Å². The molecule has 0 aromatic rings. The predicted molar refractivity (Wildman–Crippen MR) is 68.8 cm³/mol. The monoisotopic (exact) mass is 228 g/mol. The smallest absolute Gasteiger partial charge is 0.0595 e. The fourth-order valence-electron chi connectivity index (χ4n) is 2.22. The Kier molecular flexibility index (Phi) is 7.01. The molecule has 0 bridgehead atoms. The summed E-state index contributed by atoms with van der Waals surface area (Å²) >= 11 is 0. The van der Waals surface area contributed by atoms with Crippen molar-refractivity contribution in [1.29, 1.82) is 0 Å². The van der Waals surface area contributed by atoms with Crippen LogP contribution < -0.4 is 5.32 Å². The average Bonchev–Trinajstić information content (AvgIpc) is 2.29. The standard InChI is InChI=1S/C13H28N2O/c1-12(2)14-8-4-5-9-15-10-6-13(16-3)7-11-15/h12-14H,4-11H2,1-3H3. The van der Waals surface area contributed by atoms with Crippen LogP contribution in [0.1, 0.15) is 39.5 Å². The van der Waals surface area contributed by atoms with Crippen LogP contribution in [0.3, 0.4) is 0 Å². The summed E-state index contributed by atoms with van der Waals surface area (Å²) in [5, 5.41) is 3.46. The van der Waals surface area contributed by atoms with E-state index in [0.29, 0.717) is 12.1 Å². The van der Waals surface area contributed by atoms with Gasteiger partial charge < -0.3 is 15.0 Å². The average molecular weight is 228 g/mol. The summed E-state index contributed by atoms with van der Waals surface area (Å²) < 4.78 is 5.37. The second-order valence-electron chi connectivity index (χ2n) is 5.09. The number of nitrogens with zero attached hydrogens (tertiary/aromatic N) is 1. The van der Waals surface area contributed by atoms with Crippen molar-refractivity contribution in [3.8, 4) is 0 Å². The highest BCUT2D eigenvalue weighted by Gasteiger charge is 2.17. The van der Waals surface area contributed by atoms with E-state index < -0.39 is 0 Å². The lowest BCUT2D eigenvalue weighted by Crippen LogP contribution is -2.37. The molecule has 0 unspecified atom stereocenters. The van der Waals surface area contributed by atoms with Gasteiger partial charge in [-0.3, -0.25) is 0 Å². The molecule has 0 atom stereocenters.